The lowest BCUT2D eigenvalue weighted by molar-refractivity contribution is 0.0683. The first-order valence-electron chi connectivity index (χ1n) is 9.61. The summed E-state index contributed by atoms with van der Waals surface area (Å²) in [5.74, 6) is 0.759. The minimum Gasteiger partial charge on any atom is -0.371 e. The van der Waals surface area contributed by atoms with Gasteiger partial charge in [0, 0.05) is 45.9 Å². The fourth-order valence-corrected chi connectivity index (χ4v) is 3.20. The summed E-state index contributed by atoms with van der Waals surface area (Å²) >= 11 is 0. The monoisotopic (exact) mass is 408 g/mol. The maximum Gasteiger partial charge on any atom is 0.246 e. The summed E-state index contributed by atoms with van der Waals surface area (Å²) in [6.07, 6.45) is -0.229. The zero-order chi connectivity index (χ0) is 20.8. The number of halogens is 2. The molecule has 0 spiro atoms. The van der Waals surface area contributed by atoms with Crippen LogP contribution in [0.3, 0.4) is 0 Å². The van der Waals surface area contributed by atoms with Crippen molar-refractivity contribution in [2.45, 2.75) is 26.5 Å². The van der Waals surface area contributed by atoms with Gasteiger partial charge < -0.3 is 24.4 Å². The van der Waals surface area contributed by atoms with Crippen molar-refractivity contribution in [1.29, 1.82) is 0 Å². The highest BCUT2D eigenvalue weighted by Crippen LogP contribution is 2.22. The Labute approximate surface area is 168 Å². The van der Waals surface area contributed by atoms with Crippen molar-refractivity contribution in [3.63, 3.8) is 0 Å². The Morgan fingerprint density at radius 2 is 2.07 bits per heavy atom. The molecule has 0 amide bonds. The summed E-state index contributed by atoms with van der Waals surface area (Å²) in [6, 6.07) is 3.51. The van der Waals surface area contributed by atoms with Crippen LogP contribution in [0.5, 0.6) is 0 Å². The summed E-state index contributed by atoms with van der Waals surface area (Å²) in [5.41, 5.74) is 0.286. The minimum atomic E-state index is -0.445. The molecule has 1 fully saturated rings. The fourth-order valence-electron chi connectivity index (χ4n) is 3.20. The third kappa shape index (κ3) is 5.20. The van der Waals surface area contributed by atoms with E-state index in [-0.39, 0.29) is 11.8 Å². The molecule has 1 aromatic heterocycles. The zero-order valence-corrected chi connectivity index (χ0v) is 16.9. The Hall–Kier alpha value is -2.75. The molecule has 1 atom stereocenters. The number of hydrogen-bond acceptors (Lipinski definition) is 6. The van der Waals surface area contributed by atoms with Crippen LogP contribution in [-0.2, 0) is 11.3 Å². The molecular weight excluding hydrogens is 382 g/mol. The number of nitrogens with zero attached hydrogens (tertiary/aromatic N) is 5. The lowest BCUT2D eigenvalue weighted by Crippen LogP contribution is -2.52. The number of hydrogen-bond donors (Lipinski definition) is 1. The van der Waals surface area contributed by atoms with Gasteiger partial charge in [-0.2, -0.15) is 4.98 Å². The van der Waals surface area contributed by atoms with E-state index in [4.69, 9.17) is 9.26 Å². The second kappa shape index (κ2) is 9.64. The van der Waals surface area contributed by atoms with Gasteiger partial charge in [0.2, 0.25) is 5.89 Å². The molecule has 1 saturated heterocycles. The summed E-state index contributed by atoms with van der Waals surface area (Å²) in [6.45, 7) is 7.02. The molecule has 1 aromatic carbocycles. The van der Waals surface area contributed by atoms with Crippen LogP contribution in [0.1, 0.15) is 31.7 Å². The highest BCUT2D eigenvalue weighted by atomic mass is 19.1. The summed E-state index contributed by atoms with van der Waals surface area (Å²) < 4.78 is 38.2. The van der Waals surface area contributed by atoms with Gasteiger partial charge >= 0.3 is 0 Å². The smallest absolute Gasteiger partial charge is 0.246 e. The number of aliphatic imine (C=N–C) groups is 1. The molecule has 10 heteroatoms. The highest BCUT2D eigenvalue weighted by Gasteiger charge is 2.22. The van der Waals surface area contributed by atoms with Crippen LogP contribution in [0, 0.1) is 11.6 Å². The summed E-state index contributed by atoms with van der Waals surface area (Å²) in [7, 11) is 1.69. The predicted octanol–water partition coefficient (Wildman–Crippen LogP) is 2.34. The average Bonchev–Trinajstić information content (AvgIpc) is 3.20. The van der Waals surface area contributed by atoms with Crippen molar-refractivity contribution in [2.75, 3.05) is 44.7 Å². The quantitative estimate of drug-likeness (QED) is 0.581. The second-order valence-corrected chi connectivity index (χ2v) is 6.61. The van der Waals surface area contributed by atoms with E-state index >= 15 is 0 Å². The first kappa shape index (κ1) is 21.0. The van der Waals surface area contributed by atoms with Crippen LogP contribution in [-0.4, -0.2) is 60.8 Å². The standard InChI is InChI=1S/C19H26F2N6O2/c1-4-28-13(2)18-24-17(29-25-18)12-23-19(22-3)27-9-7-26(8-10-27)16-11-14(20)5-6-15(16)21/h5-6,11,13H,4,7-10,12H2,1-3H3,(H,22,23). The predicted molar refractivity (Wildman–Crippen MR) is 105 cm³/mol. The molecule has 0 radical (unpaired) electrons. The van der Waals surface area contributed by atoms with E-state index in [1.165, 1.54) is 6.07 Å². The van der Waals surface area contributed by atoms with Gasteiger partial charge in [0.1, 0.15) is 17.7 Å². The maximum absolute atomic E-state index is 14.0. The van der Waals surface area contributed by atoms with Gasteiger partial charge in [0.15, 0.2) is 11.8 Å². The zero-order valence-electron chi connectivity index (χ0n) is 16.9. The number of nitrogens with one attached hydrogen (secondary N) is 1. The first-order chi connectivity index (χ1) is 14.0. The van der Waals surface area contributed by atoms with Gasteiger partial charge in [0.25, 0.3) is 0 Å². The van der Waals surface area contributed by atoms with Crippen molar-refractivity contribution < 1.29 is 18.0 Å². The topological polar surface area (TPSA) is 79.0 Å². The van der Waals surface area contributed by atoms with E-state index in [0.29, 0.717) is 57.0 Å². The minimum absolute atomic E-state index is 0.229. The summed E-state index contributed by atoms with van der Waals surface area (Å²) in [5, 5.41) is 7.13. The van der Waals surface area contributed by atoms with Crippen molar-refractivity contribution in [3.8, 4) is 0 Å². The maximum atomic E-state index is 14.0. The van der Waals surface area contributed by atoms with E-state index in [1.54, 1.807) is 7.05 Å². The Balaban J connectivity index is 1.54. The van der Waals surface area contributed by atoms with E-state index in [0.717, 1.165) is 12.1 Å². The van der Waals surface area contributed by atoms with Crippen LogP contribution >= 0.6 is 0 Å². The largest absolute Gasteiger partial charge is 0.371 e. The Morgan fingerprint density at radius 1 is 1.31 bits per heavy atom. The lowest BCUT2D eigenvalue weighted by Gasteiger charge is -2.37. The molecule has 1 unspecified atom stereocenters. The van der Waals surface area contributed by atoms with E-state index in [1.807, 2.05) is 23.6 Å². The number of rotatable bonds is 6. The number of piperazine rings is 1. The molecule has 158 valence electrons. The summed E-state index contributed by atoms with van der Waals surface area (Å²) in [4.78, 5) is 12.5. The van der Waals surface area contributed by atoms with Crippen molar-refractivity contribution >= 4 is 11.6 Å². The van der Waals surface area contributed by atoms with E-state index in [2.05, 4.69) is 20.4 Å². The molecule has 0 bridgehead atoms. The molecule has 8 nitrogen and oxygen atoms in total. The van der Waals surface area contributed by atoms with Gasteiger partial charge in [-0.15, -0.1) is 0 Å². The van der Waals surface area contributed by atoms with Crippen LogP contribution in [0.2, 0.25) is 0 Å². The Morgan fingerprint density at radius 3 is 2.76 bits per heavy atom. The van der Waals surface area contributed by atoms with Gasteiger partial charge in [-0.3, -0.25) is 4.99 Å². The molecule has 29 heavy (non-hydrogen) atoms. The Kier molecular flexibility index (Phi) is 6.97. The van der Waals surface area contributed by atoms with Crippen LogP contribution in [0.25, 0.3) is 0 Å². The van der Waals surface area contributed by atoms with Gasteiger partial charge in [-0.25, -0.2) is 8.78 Å². The van der Waals surface area contributed by atoms with E-state index < -0.39 is 11.6 Å². The fraction of sp³-hybridized carbons (Fsp3) is 0.526. The SMILES string of the molecule is CCOC(C)c1noc(CNC(=NC)N2CCN(c3cc(F)ccc3F)CC2)n1. The van der Waals surface area contributed by atoms with Gasteiger partial charge in [-0.05, 0) is 26.0 Å². The molecular formula is C19H26F2N6O2. The van der Waals surface area contributed by atoms with Crippen LogP contribution < -0.4 is 10.2 Å². The normalized spacial score (nSPS) is 16.2. The third-order valence-electron chi connectivity index (χ3n) is 4.70. The molecule has 1 N–H and O–H groups in total. The van der Waals surface area contributed by atoms with Crippen LogP contribution in [0.4, 0.5) is 14.5 Å². The number of guanidine groups is 1. The number of anilines is 1. The number of aromatic nitrogens is 2. The van der Waals surface area contributed by atoms with Crippen LogP contribution in [0.15, 0.2) is 27.7 Å². The average molecular weight is 408 g/mol. The Bertz CT molecular complexity index is 836. The molecule has 3 rings (SSSR count). The molecule has 0 aliphatic carbocycles. The van der Waals surface area contributed by atoms with Gasteiger partial charge in [0.05, 0.1) is 12.2 Å². The first-order valence-corrected chi connectivity index (χ1v) is 9.61. The van der Waals surface area contributed by atoms with Crippen molar-refractivity contribution in [2.24, 2.45) is 4.99 Å². The number of ether oxygens (including phenoxy) is 1. The van der Waals surface area contributed by atoms with Gasteiger partial charge in [-0.1, -0.05) is 5.16 Å². The van der Waals surface area contributed by atoms with Crippen molar-refractivity contribution in [3.05, 3.63) is 41.5 Å². The lowest BCUT2D eigenvalue weighted by atomic mass is 10.2. The molecule has 2 aromatic rings. The van der Waals surface area contributed by atoms with Crippen molar-refractivity contribution in [1.82, 2.24) is 20.4 Å². The highest BCUT2D eigenvalue weighted by molar-refractivity contribution is 5.80. The molecule has 1 aliphatic rings. The molecule has 1 aliphatic heterocycles. The van der Waals surface area contributed by atoms with E-state index in [9.17, 15) is 8.78 Å². The number of benzene rings is 1. The third-order valence-corrected chi connectivity index (χ3v) is 4.70. The molecule has 0 saturated carbocycles. The molecule has 2 heterocycles. The second-order valence-electron chi connectivity index (χ2n) is 6.61.